The van der Waals surface area contributed by atoms with E-state index in [2.05, 4.69) is 26.9 Å². The Hall–Kier alpha value is -2.80. The van der Waals surface area contributed by atoms with Gasteiger partial charge in [0.05, 0.1) is 21.7 Å². The number of hydrogen-bond donors (Lipinski definition) is 5. The molecule has 4 atom stereocenters. The van der Waals surface area contributed by atoms with Crippen LogP contribution in [-0.4, -0.2) is 74.2 Å². The van der Waals surface area contributed by atoms with Gasteiger partial charge < -0.3 is 32.3 Å². The average molecular weight is 564 g/mol. The minimum Gasteiger partial charge on any atom is -0.339 e. The van der Waals surface area contributed by atoms with Crippen molar-refractivity contribution in [3.63, 3.8) is 0 Å². The quantitative estimate of drug-likeness (QED) is 0.278. The molecule has 38 heavy (non-hydrogen) atoms. The van der Waals surface area contributed by atoms with Crippen LogP contribution in [0.4, 0.5) is 23.5 Å². The van der Waals surface area contributed by atoms with Crippen LogP contribution >= 0.6 is 11.6 Å². The van der Waals surface area contributed by atoms with Gasteiger partial charge in [-0.2, -0.15) is 20.2 Å². The van der Waals surface area contributed by atoms with E-state index >= 15 is 0 Å². The number of piperidine rings is 2. The zero-order valence-electron chi connectivity index (χ0n) is 21.2. The molecule has 8 N–H and O–H groups in total. The van der Waals surface area contributed by atoms with Gasteiger partial charge in [0.15, 0.2) is 0 Å². The molecular formula is C23H34ClN11O2S. The summed E-state index contributed by atoms with van der Waals surface area (Å²) in [6, 6.07) is 5.90. The van der Waals surface area contributed by atoms with Gasteiger partial charge in [-0.15, -0.1) is 0 Å². The number of nitrogens with two attached hydrogens (primary N) is 3. The third kappa shape index (κ3) is 6.99. The molecule has 0 radical (unpaired) electrons. The first-order chi connectivity index (χ1) is 18.0. The molecular weight excluding hydrogens is 530 g/mol. The lowest BCUT2D eigenvalue weighted by Crippen LogP contribution is -2.53. The maximum atomic E-state index is 12.7. The van der Waals surface area contributed by atoms with E-state index in [0.29, 0.717) is 49.6 Å². The highest BCUT2D eigenvalue weighted by Gasteiger charge is 2.29. The van der Waals surface area contributed by atoms with Crippen molar-refractivity contribution in [1.82, 2.24) is 19.7 Å². The normalized spacial score (nSPS) is 24.2. The summed E-state index contributed by atoms with van der Waals surface area (Å²) in [7, 11) is -3.85. The number of benzene rings is 1. The lowest BCUT2D eigenvalue weighted by molar-refractivity contribution is 0.397. The molecule has 3 heterocycles. The Bertz CT molecular complexity index is 1220. The van der Waals surface area contributed by atoms with E-state index in [-0.39, 0.29) is 47.0 Å². The fraction of sp³-hybridized carbons (Fsp3) is 0.565. The number of aromatic nitrogens is 3. The van der Waals surface area contributed by atoms with E-state index < -0.39 is 10.0 Å². The number of sulfonamides is 1. The summed E-state index contributed by atoms with van der Waals surface area (Å²) in [5.41, 5.74) is 19.0. The maximum Gasteiger partial charge on any atom is 0.240 e. The predicted molar refractivity (Wildman–Crippen MR) is 147 cm³/mol. The molecule has 0 unspecified atom stereocenters. The molecule has 2 fully saturated rings. The molecule has 4 rings (SSSR count). The molecule has 1 aromatic heterocycles. The Morgan fingerprint density at radius 2 is 1.63 bits per heavy atom. The molecule has 0 saturated carbocycles. The van der Waals surface area contributed by atoms with Crippen molar-refractivity contribution in [2.75, 3.05) is 47.8 Å². The molecule has 15 heteroatoms. The number of anilines is 4. The minimum atomic E-state index is -3.85. The number of nitrogens with one attached hydrogen (secondary N) is 2. The van der Waals surface area contributed by atoms with Crippen molar-refractivity contribution in [2.24, 2.45) is 23.1 Å². The van der Waals surface area contributed by atoms with Gasteiger partial charge in [-0.1, -0.05) is 18.5 Å². The molecule has 206 valence electrons. The van der Waals surface area contributed by atoms with Crippen LogP contribution < -0.4 is 37.0 Å². The van der Waals surface area contributed by atoms with E-state index in [1.54, 1.807) is 0 Å². The molecule has 1 aromatic carbocycles. The Morgan fingerprint density at radius 3 is 2.24 bits per heavy atom. The Kier molecular flexibility index (Phi) is 8.86. The van der Waals surface area contributed by atoms with Gasteiger partial charge in [-0.25, -0.2) is 13.1 Å². The van der Waals surface area contributed by atoms with Gasteiger partial charge in [0.2, 0.25) is 27.9 Å². The fourth-order valence-corrected chi connectivity index (χ4v) is 6.03. The van der Waals surface area contributed by atoms with Gasteiger partial charge in [-0.05, 0) is 37.0 Å². The number of halogens is 1. The van der Waals surface area contributed by atoms with Crippen molar-refractivity contribution in [3.8, 4) is 6.07 Å². The number of hydrogen-bond acceptors (Lipinski definition) is 12. The molecule has 0 spiro atoms. The van der Waals surface area contributed by atoms with Crippen molar-refractivity contribution in [1.29, 1.82) is 5.26 Å². The zero-order chi connectivity index (χ0) is 27.4. The van der Waals surface area contributed by atoms with Gasteiger partial charge in [0.1, 0.15) is 0 Å². The largest absolute Gasteiger partial charge is 0.339 e. The maximum absolute atomic E-state index is 12.7. The van der Waals surface area contributed by atoms with Crippen molar-refractivity contribution in [2.45, 2.75) is 49.2 Å². The van der Waals surface area contributed by atoms with Crippen LogP contribution in [0.3, 0.4) is 0 Å². The Labute approximate surface area is 227 Å². The highest BCUT2D eigenvalue weighted by atomic mass is 35.5. The van der Waals surface area contributed by atoms with Gasteiger partial charge in [0.25, 0.3) is 0 Å². The minimum absolute atomic E-state index is 0.000903. The summed E-state index contributed by atoms with van der Waals surface area (Å²) >= 11 is 6.41. The van der Waals surface area contributed by atoms with E-state index in [9.17, 15) is 8.42 Å². The second-order valence-corrected chi connectivity index (χ2v) is 12.2. The lowest BCUT2D eigenvalue weighted by Gasteiger charge is -2.37. The number of rotatable bonds is 8. The summed E-state index contributed by atoms with van der Waals surface area (Å²) in [6.45, 7) is 4.53. The van der Waals surface area contributed by atoms with Gasteiger partial charge >= 0.3 is 0 Å². The van der Waals surface area contributed by atoms with Crippen molar-refractivity contribution < 1.29 is 8.42 Å². The third-order valence-electron chi connectivity index (χ3n) is 6.41. The predicted octanol–water partition coefficient (Wildman–Crippen LogP) is 0.499. The summed E-state index contributed by atoms with van der Waals surface area (Å²) in [6.07, 6.45) is 1.67. The number of nitrogens with zero attached hydrogens (tertiary/aromatic N) is 6. The van der Waals surface area contributed by atoms with E-state index in [1.807, 2.05) is 15.9 Å². The molecule has 0 bridgehead atoms. The third-order valence-corrected chi connectivity index (χ3v) is 8.20. The van der Waals surface area contributed by atoms with Crippen LogP contribution in [0, 0.1) is 17.2 Å². The first kappa shape index (κ1) is 28.2. The Balaban J connectivity index is 1.68. The van der Waals surface area contributed by atoms with Gasteiger partial charge in [-0.3, -0.25) is 0 Å². The zero-order valence-corrected chi connectivity index (χ0v) is 22.8. The highest BCUT2D eigenvalue weighted by Crippen LogP contribution is 2.29. The van der Waals surface area contributed by atoms with Crippen LogP contribution in [0.15, 0.2) is 23.1 Å². The van der Waals surface area contributed by atoms with Crippen molar-refractivity contribution in [3.05, 3.63) is 23.2 Å². The van der Waals surface area contributed by atoms with Crippen molar-refractivity contribution >= 4 is 45.2 Å². The van der Waals surface area contributed by atoms with E-state index in [0.717, 1.165) is 13.0 Å². The molecule has 0 aliphatic carbocycles. The number of nitriles is 1. The molecule has 13 nitrogen and oxygen atoms in total. The Morgan fingerprint density at radius 1 is 1.03 bits per heavy atom. The average Bonchev–Trinajstić information content (AvgIpc) is 2.84. The smallest absolute Gasteiger partial charge is 0.240 e. The molecule has 0 amide bonds. The SMILES string of the molecule is C[C@H]1C[C@@H](N)CN(c2nc(Nc3cc(S(=O)(=O)NCCC#N)ccc3Cl)nc(N3C[C@H](N)C[C@H](N)C3)n2)C1. The monoisotopic (exact) mass is 563 g/mol. The van der Waals surface area contributed by atoms with Crippen LogP contribution in [0.1, 0.15) is 26.2 Å². The first-order valence-corrected chi connectivity index (χ1v) is 14.4. The standard InChI is InChI=1S/C23H34ClN11O2S/c1-14-7-15(26)11-34(10-14)22-31-21(32-23(33-22)35-12-16(27)8-17(28)13-35)30-20-9-18(3-4-19(20)24)38(36,37)29-6-2-5-25/h3-4,9,14-17,29H,2,6-8,10-13,26-28H2,1H3,(H,30,31,32,33)/t14-,15+,16-,17+/m0/s1. The summed E-state index contributed by atoms with van der Waals surface area (Å²) in [5, 5.41) is 12.1. The van der Waals surface area contributed by atoms with E-state index in [1.165, 1.54) is 18.2 Å². The summed E-state index contributed by atoms with van der Waals surface area (Å²) in [4.78, 5) is 17.9. The van der Waals surface area contributed by atoms with Crippen LogP contribution in [0.25, 0.3) is 0 Å². The van der Waals surface area contributed by atoms with Crippen LogP contribution in [0.2, 0.25) is 5.02 Å². The molecule has 2 aromatic rings. The topological polar surface area (TPSA) is 205 Å². The lowest BCUT2D eigenvalue weighted by atomic mass is 9.97. The molecule has 2 aliphatic rings. The second-order valence-electron chi connectivity index (χ2n) is 10.00. The second kappa shape index (κ2) is 11.9. The highest BCUT2D eigenvalue weighted by molar-refractivity contribution is 7.89. The summed E-state index contributed by atoms with van der Waals surface area (Å²) in [5.74, 6) is 1.41. The van der Waals surface area contributed by atoms with E-state index in [4.69, 9.17) is 39.0 Å². The molecule has 2 saturated heterocycles. The fourth-order valence-electron chi connectivity index (χ4n) is 4.81. The summed E-state index contributed by atoms with van der Waals surface area (Å²) < 4.78 is 27.8. The molecule has 2 aliphatic heterocycles. The van der Waals surface area contributed by atoms with Gasteiger partial charge in [0, 0.05) is 57.3 Å². The first-order valence-electron chi connectivity index (χ1n) is 12.5. The van der Waals surface area contributed by atoms with Crippen LogP contribution in [0.5, 0.6) is 0 Å². The van der Waals surface area contributed by atoms with Crippen LogP contribution in [-0.2, 0) is 10.0 Å².